The molecule has 0 bridgehead atoms. The summed E-state index contributed by atoms with van der Waals surface area (Å²) in [5.41, 5.74) is 0.107. The highest BCUT2D eigenvalue weighted by Crippen LogP contribution is 2.31. The molecule has 2 rings (SSSR count). The van der Waals surface area contributed by atoms with Crippen LogP contribution in [0.5, 0.6) is 0 Å². The number of thiazole rings is 1. The van der Waals surface area contributed by atoms with Crippen LogP contribution in [-0.2, 0) is 4.79 Å². The lowest BCUT2D eigenvalue weighted by atomic mass is 10.3. The molecule has 0 fully saturated rings. The minimum Gasteiger partial charge on any atom is -0.309 e. The molecule has 22 heavy (non-hydrogen) atoms. The number of anilines is 1. The highest BCUT2D eigenvalue weighted by molar-refractivity contribution is 7.22. The first-order chi connectivity index (χ1) is 9.88. The summed E-state index contributed by atoms with van der Waals surface area (Å²) < 4.78 is 27.3. The summed E-state index contributed by atoms with van der Waals surface area (Å²) in [7, 11) is 3.90. The molecule has 1 aromatic heterocycles. The van der Waals surface area contributed by atoms with E-state index in [9.17, 15) is 13.6 Å². The summed E-state index contributed by atoms with van der Waals surface area (Å²) in [5.74, 6) is -1.50. The summed E-state index contributed by atoms with van der Waals surface area (Å²) >= 11 is 1.12. The number of carbonyl (C=O) groups is 1. The summed E-state index contributed by atoms with van der Waals surface area (Å²) in [5, 5.41) is 0.403. The lowest BCUT2D eigenvalue weighted by Gasteiger charge is -2.19. The standard InChI is InChI=1S/C14H17F2N3OS.ClH/c1-9(20)19(6-4-5-18(2)3)14-17-13-11(16)7-10(15)8-12(13)21-14;/h7-8H,4-6H2,1-3H3;1H. The number of fused-ring (bicyclic) bond motifs is 1. The molecular formula is C14H18ClF2N3OS. The van der Waals surface area contributed by atoms with E-state index in [1.165, 1.54) is 17.9 Å². The fourth-order valence-corrected chi connectivity index (χ4v) is 3.07. The maximum Gasteiger partial charge on any atom is 0.225 e. The molecule has 0 unspecified atom stereocenters. The van der Waals surface area contributed by atoms with Crippen LogP contribution in [0.2, 0.25) is 0 Å². The molecule has 4 nitrogen and oxygen atoms in total. The zero-order valence-corrected chi connectivity index (χ0v) is 14.2. The molecule has 1 amide bonds. The van der Waals surface area contributed by atoms with Crippen molar-refractivity contribution in [3.05, 3.63) is 23.8 Å². The van der Waals surface area contributed by atoms with E-state index in [1.54, 1.807) is 0 Å². The molecule has 8 heteroatoms. The van der Waals surface area contributed by atoms with Crippen LogP contribution >= 0.6 is 23.7 Å². The minimum absolute atomic E-state index is 0. The van der Waals surface area contributed by atoms with Gasteiger partial charge in [-0.15, -0.1) is 12.4 Å². The normalized spacial score (nSPS) is 10.8. The number of halogens is 3. The van der Waals surface area contributed by atoms with Crippen molar-refractivity contribution < 1.29 is 13.6 Å². The van der Waals surface area contributed by atoms with Crippen LogP contribution in [0.4, 0.5) is 13.9 Å². The topological polar surface area (TPSA) is 36.4 Å². The Bertz CT molecular complexity index is 663. The van der Waals surface area contributed by atoms with Crippen molar-refractivity contribution in [3.8, 4) is 0 Å². The number of aromatic nitrogens is 1. The molecule has 0 aliphatic heterocycles. The van der Waals surface area contributed by atoms with E-state index in [4.69, 9.17) is 0 Å². The van der Waals surface area contributed by atoms with Gasteiger partial charge in [-0.3, -0.25) is 9.69 Å². The lowest BCUT2D eigenvalue weighted by molar-refractivity contribution is -0.116. The molecule has 122 valence electrons. The van der Waals surface area contributed by atoms with Gasteiger partial charge in [-0.1, -0.05) is 11.3 Å². The molecule has 1 aromatic carbocycles. The first-order valence-electron chi connectivity index (χ1n) is 6.57. The zero-order valence-electron chi connectivity index (χ0n) is 12.6. The van der Waals surface area contributed by atoms with E-state index < -0.39 is 11.6 Å². The largest absolute Gasteiger partial charge is 0.309 e. The molecular weight excluding hydrogens is 332 g/mol. The number of nitrogens with zero attached hydrogens (tertiary/aromatic N) is 3. The third-order valence-electron chi connectivity index (χ3n) is 3.00. The second-order valence-electron chi connectivity index (χ2n) is 5.06. The van der Waals surface area contributed by atoms with Crippen LogP contribution in [0.1, 0.15) is 13.3 Å². The molecule has 2 aromatic rings. The quantitative estimate of drug-likeness (QED) is 0.831. The lowest BCUT2D eigenvalue weighted by Crippen LogP contribution is -2.31. The van der Waals surface area contributed by atoms with Gasteiger partial charge in [0.2, 0.25) is 5.91 Å². The van der Waals surface area contributed by atoms with Gasteiger partial charge in [0.15, 0.2) is 10.9 Å². The summed E-state index contributed by atoms with van der Waals surface area (Å²) in [6, 6.07) is 2.04. The Morgan fingerprint density at radius 3 is 2.55 bits per heavy atom. The summed E-state index contributed by atoms with van der Waals surface area (Å²) in [6.45, 7) is 2.77. The van der Waals surface area contributed by atoms with Gasteiger partial charge in [-0.2, -0.15) is 0 Å². The molecule has 0 spiro atoms. The van der Waals surface area contributed by atoms with Gasteiger partial charge in [0, 0.05) is 19.5 Å². The minimum atomic E-state index is -0.704. The summed E-state index contributed by atoms with van der Waals surface area (Å²) in [4.78, 5) is 19.4. The Morgan fingerprint density at radius 1 is 1.27 bits per heavy atom. The average molecular weight is 350 g/mol. The van der Waals surface area contributed by atoms with Crippen molar-refractivity contribution in [2.75, 3.05) is 32.1 Å². The van der Waals surface area contributed by atoms with Crippen LogP contribution in [0, 0.1) is 11.6 Å². The van der Waals surface area contributed by atoms with E-state index in [1.807, 2.05) is 19.0 Å². The maximum absolute atomic E-state index is 13.7. The van der Waals surface area contributed by atoms with Gasteiger partial charge in [0.05, 0.1) is 4.70 Å². The van der Waals surface area contributed by atoms with Crippen molar-refractivity contribution >= 4 is 45.0 Å². The SMILES string of the molecule is CC(=O)N(CCCN(C)C)c1nc2c(F)cc(F)cc2s1.Cl. The third kappa shape index (κ3) is 4.34. The predicted octanol–water partition coefficient (Wildman–Crippen LogP) is 3.30. The molecule has 1 heterocycles. The molecule has 0 aliphatic carbocycles. The van der Waals surface area contributed by atoms with Gasteiger partial charge in [0.25, 0.3) is 0 Å². The smallest absolute Gasteiger partial charge is 0.225 e. The molecule has 0 atom stereocenters. The Balaban J connectivity index is 0.00000242. The third-order valence-corrected chi connectivity index (χ3v) is 4.03. The number of benzene rings is 1. The van der Waals surface area contributed by atoms with Crippen molar-refractivity contribution in [1.29, 1.82) is 0 Å². The second-order valence-corrected chi connectivity index (χ2v) is 6.07. The van der Waals surface area contributed by atoms with E-state index in [-0.39, 0.29) is 23.8 Å². The molecule has 0 aliphatic rings. The van der Waals surface area contributed by atoms with Gasteiger partial charge in [-0.05, 0) is 33.1 Å². The van der Waals surface area contributed by atoms with Crippen molar-refractivity contribution in [2.45, 2.75) is 13.3 Å². The zero-order chi connectivity index (χ0) is 15.6. The maximum atomic E-state index is 13.7. The van der Waals surface area contributed by atoms with Crippen LogP contribution in [-0.4, -0.2) is 43.0 Å². The second kappa shape index (κ2) is 7.80. The summed E-state index contributed by atoms with van der Waals surface area (Å²) in [6.07, 6.45) is 0.777. The van der Waals surface area contributed by atoms with Crippen molar-refractivity contribution in [2.24, 2.45) is 0 Å². The van der Waals surface area contributed by atoms with E-state index in [0.717, 1.165) is 30.4 Å². The fraction of sp³-hybridized carbons (Fsp3) is 0.429. The highest BCUT2D eigenvalue weighted by Gasteiger charge is 2.18. The van der Waals surface area contributed by atoms with Crippen LogP contribution in [0.3, 0.4) is 0 Å². The number of hydrogen-bond donors (Lipinski definition) is 0. The monoisotopic (exact) mass is 349 g/mol. The number of hydrogen-bond acceptors (Lipinski definition) is 4. The van der Waals surface area contributed by atoms with Gasteiger partial charge in [-0.25, -0.2) is 13.8 Å². The molecule has 0 saturated carbocycles. The highest BCUT2D eigenvalue weighted by atomic mass is 35.5. The van der Waals surface area contributed by atoms with E-state index >= 15 is 0 Å². The number of amides is 1. The van der Waals surface area contributed by atoms with Gasteiger partial charge >= 0.3 is 0 Å². The fourth-order valence-electron chi connectivity index (χ4n) is 1.99. The van der Waals surface area contributed by atoms with Crippen LogP contribution in [0.15, 0.2) is 12.1 Å². The Hall–Kier alpha value is -1.31. The van der Waals surface area contributed by atoms with Crippen molar-refractivity contribution in [3.63, 3.8) is 0 Å². The molecule has 0 saturated heterocycles. The van der Waals surface area contributed by atoms with Crippen molar-refractivity contribution in [1.82, 2.24) is 9.88 Å². The molecule has 0 radical (unpaired) electrons. The van der Waals surface area contributed by atoms with Gasteiger partial charge in [0.1, 0.15) is 11.3 Å². The Kier molecular flexibility index (Phi) is 6.65. The predicted molar refractivity (Wildman–Crippen MR) is 88.0 cm³/mol. The van der Waals surface area contributed by atoms with Gasteiger partial charge < -0.3 is 4.90 Å². The first-order valence-corrected chi connectivity index (χ1v) is 7.38. The van der Waals surface area contributed by atoms with E-state index in [0.29, 0.717) is 16.4 Å². The molecule has 0 N–H and O–H groups in total. The Morgan fingerprint density at radius 2 is 1.95 bits per heavy atom. The number of rotatable bonds is 5. The van der Waals surface area contributed by atoms with Crippen LogP contribution in [0.25, 0.3) is 10.2 Å². The average Bonchev–Trinajstić information content (AvgIpc) is 2.77. The first kappa shape index (κ1) is 18.7. The van der Waals surface area contributed by atoms with E-state index in [2.05, 4.69) is 4.98 Å². The Labute approximate surface area is 138 Å². The van der Waals surface area contributed by atoms with Crippen LogP contribution < -0.4 is 4.90 Å². The number of carbonyl (C=O) groups excluding carboxylic acids is 1.